The van der Waals surface area contributed by atoms with E-state index in [4.69, 9.17) is 0 Å². The smallest absolute Gasteiger partial charge is 0.187 e. The van der Waals surface area contributed by atoms with E-state index in [1.54, 1.807) is 24.2 Å². The van der Waals surface area contributed by atoms with Crippen LogP contribution in [0.2, 0.25) is 0 Å². The number of nitrogens with one attached hydrogen (secondary N) is 1. The van der Waals surface area contributed by atoms with Gasteiger partial charge in [-0.1, -0.05) is 18.7 Å². The van der Waals surface area contributed by atoms with E-state index in [0.717, 1.165) is 37.4 Å². The first-order valence-corrected chi connectivity index (χ1v) is 7.26. The van der Waals surface area contributed by atoms with Crippen molar-refractivity contribution in [1.29, 1.82) is 5.26 Å². The van der Waals surface area contributed by atoms with Crippen molar-refractivity contribution in [3.8, 4) is 6.07 Å². The van der Waals surface area contributed by atoms with Gasteiger partial charge < -0.3 is 0 Å². The van der Waals surface area contributed by atoms with E-state index >= 15 is 0 Å². The maximum atomic E-state index is 9.37. The molecule has 18 heavy (non-hydrogen) atoms. The van der Waals surface area contributed by atoms with Crippen LogP contribution in [-0.2, 0) is 0 Å². The molecule has 1 aliphatic rings. The van der Waals surface area contributed by atoms with Crippen molar-refractivity contribution in [1.82, 2.24) is 15.3 Å². The predicted molar refractivity (Wildman–Crippen MR) is 72.2 cm³/mol. The highest BCUT2D eigenvalue weighted by Crippen LogP contribution is 2.38. The number of nitrogens with zero attached hydrogens (tertiary/aromatic N) is 3. The van der Waals surface area contributed by atoms with Crippen LogP contribution in [0.1, 0.15) is 32.6 Å². The van der Waals surface area contributed by atoms with Gasteiger partial charge in [-0.15, -0.1) is 0 Å². The van der Waals surface area contributed by atoms with Gasteiger partial charge in [-0.25, -0.2) is 9.97 Å². The molecule has 0 saturated heterocycles. The molecule has 0 aromatic carbocycles. The van der Waals surface area contributed by atoms with Crippen molar-refractivity contribution in [2.75, 3.05) is 6.54 Å². The second-order valence-corrected chi connectivity index (χ2v) is 5.90. The zero-order valence-corrected chi connectivity index (χ0v) is 11.4. The van der Waals surface area contributed by atoms with Gasteiger partial charge in [-0.2, -0.15) is 5.26 Å². The number of nitriles is 1. The van der Waals surface area contributed by atoms with E-state index in [1.807, 2.05) is 6.07 Å². The van der Waals surface area contributed by atoms with Gasteiger partial charge in [0.15, 0.2) is 5.16 Å². The fourth-order valence-electron chi connectivity index (χ4n) is 2.26. The molecule has 0 bridgehead atoms. The lowest BCUT2D eigenvalue weighted by Gasteiger charge is -2.22. The van der Waals surface area contributed by atoms with Crippen molar-refractivity contribution in [2.45, 2.75) is 48.6 Å². The first-order valence-electron chi connectivity index (χ1n) is 6.38. The Bertz CT molecular complexity index is 417. The Hall–Kier alpha value is -1.12. The Morgan fingerprint density at radius 1 is 1.56 bits per heavy atom. The minimum Gasteiger partial charge on any atom is -0.299 e. The van der Waals surface area contributed by atoms with E-state index in [2.05, 4.69) is 28.3 Å². The summed E-state index contributed by atoms with van der Waals surface area (Å²) in [4.78, 5) is 8.45. The molecule has 0 amide bonds. The number of rotatable bonds is 5. The van der Waals surface area contributed by atoms with Gasteiger partial charge in [0, 0.05) is 17.6 Å². The third kappa shape index (κ3) is 3.21. The van der Waals surface area contributed by atoms with Crippen molar-refractivity contribution in [3.05, 3.63) is 18.5 Å². The molecule has 1 N–H and O–H groups in total. The van der Waals surface area contributed by atoms with Crippen molar-refractivity contribution >= 4 is 11.8 Å². The maximum absolute atomic E-state index is 9.37. The molecule has 2 atom stereocenters. The molecule has 1 aromatic rings. The summed E-state index contributed by atoms with van der Waals surface area (Å²) >= 11 is 1.69. The topological polar surface area (TPSA) is 61.6 Å². The van der Waals surface area contributed by atoms with Crippen LogP contribution in [-0.4, -0.2) is 27.3 Å². The number of hydrogen-bond donors (Lipinski definition) is 1. The molecule has 1 aliphatic carbocycles. The standard InChI is InChI=1S/C13H18N4S/c1-2-6-17-13(10-14)5-4-11(9-13)18-12-15-7-3-8-16-12/h3,7-8,11,17H,2,4-6,9H2,1H3. The molecular weight excluding hydrogens is 244 g/mol. The van der Waals surface area contributed by atoms with E-state index in [9.17, 15) is 5.26 Å². The lowest BCUT2D eigenvalue weighted by atomic mass is 10.00. The van der Waals surface area contributed by atoms with Crippen molar-refractivity contribution in [3.63, 3.8) is 0 Å². The Kier molecular flexibility index (Phi) is 4.56. The van der Waals surface area contributed by atoms with Crippen LogP contribution in [0.5, 0.6) is 0 Å². The van der Waals surface area contributed by atoms with Crippen molar-refractivity contribution in [2.24, 2.45) is 0 Å². The molecule has 1 heterocycles. The van der Waals surface area contributed by atoms with Crippen LogP contribution in [0.15, 0.2) is 23.6 Å². The molecule has 2 rings (SSSR count). The fourth-order valence-corrected chi connectivity index (χ4v) is 3.41. The molecule has 5 heteroatoms. The van der Waals surface area contributed by atoms with Gasteiger partial charge >= 0.3 is 0 Å². The van der Waals surface area contributed by atoms with Crippen LogP contribution in [0.25, 0.3) is 0 Å². The monoisotopic (exact) mass is 262 g/mol. The van der Waals surface area contributed by atoms with Gasteiger partial charge in [0.25, 0.3) is 0 Å². The average molecular weight is 262 g/mol. The lowest BCUT2D eigenvalue weighted by molar-refractivity contribution is 0.424. The maximum Gasteiger partial charge on any atom is 0.187 e. The lowest BCUT2D eigenvalue weighted by Crippen LogP contribution is -2.42. The highest BCUT2D eigenvalue weighted by Gasteiger charge is 2.39. The summed E-state index contributed by atoms with van der Waals surface area (Å²) < 4.78 is 0. The first-order chi connectivity index (χ1) is 8.78. The fraction of sp³-hybridized carbons (Fsp3) is 0.615. The van der Waals surface area contributed by atoms with E-state index in [-0.39, 0.29) is 5.54 Å². The Balaban J connectivity index is 1.93. The zero-order valence-electron chi connectivity index (χ0n) is 10.6. The molecule has 4 nitrogen and oxygen atoms in total. The predicted octanol–water partition coefficient (Wildman–Crippen LogP) is 2.38. The van der Waals surface area contributed by atoms with E-state index in [1.165, 1.54) is 0 Å². The summed E-state index contributed by atoms with van der Waals surface area (Å²) in [6.07, 6.45) is 7.44. The molecule has 0 radical (unpaired) electrons. The van der Waals surface area contributed by atoms with Gasteiger partial charge in [-0.3, -0.25) is 5.32 Å². The summed E-state index contributed by atoms with van der Waals surface area (Å²) in [6, 6.07) is 4.28. The van der Waals surface area contributed by atoms with E-state index < -0.39 is 0 Å². The Morgan fingerprint density at radius 2 is 2.33 bits per heavy atom. The number of aromatic nitrogens is 2. The molecule has 1 saturated carbocycles. The van der Waals surface area contributed by atoms with Gasteiger partial charge in [0.1, 0.15) is 5.54 Å². The summed E-state index contributed by atoms with van der Waals surface area (Å²) in [5.41, 5.74) is -0.331. The highest BCUT2D eigenvalue weighted by molar-refractivity contribution is 7.99. The third-order valence-corrected chi connectivity index (χ3v) is 4.37. The summed E-state index contributed by atoms with van der Waals surface area (Å²) in [5.74, 6) is 0. The minimum atomic E-state index is -0.331. The largest absolute Gasteiger partial charge is 0.299 e. The second kappa shape index (κ2) is 6.17. The molecule has 1 aromatic heterocycles. The van der Waals surface area contributed by atoms with Crippen LogP contribution in [0, 0.1) is 11.3 Å². The third-order valence-electron chi connectivity index (χ3n) is 3.21. The molecule has 96 valence electrons. The van der Waals surface area contributed by atoms with Crippen LogP contribution >= 0.6 is 11.8 Å². The van der Waals surface area contributed by atoms with Crippen LogP contribution < -0.4 is 5.32 Å². The highest BCUT2D eigenvalue weighted by atomic mass is 32.2. The first kappa shape index (κ1) is 13.3. The van der Waals surface area contributed by atoms with E-state index in [0.29, 0.717) is 5.25 Å². The van der Waals surface area contributed by atoms with Gasteiger partial charge in [-0.05, 0) is 38.3 Å². The Labute approximate surface area is 112 Å². The summed E-state index contributed by atoms with van der Waals surface area (Å²) in [6.45, 7) is 3.03. The summed E-state index contributed by atoms with van der Waals surface area (Å²) in [5, 5.41) is 14.0. The van der Waals surface area contributed by atoms with Gasteiger partial charge in [0.05, 0.1) is 6.07 Å². The molecule has 1 fully saturated rings. The van der Waals surface area contributed by atoms with Crippen molar-refractivity contribution < 1.29 is 0 Å². The molecule has 2 unspecified atom stereocenters. The number of hydrogen-bond acceptors (Lipinski definition) is 5. The zero-order chi connectivity index (χ0) is 12.8. The van der Waals surface area contributed by atoms with Crippen LogP contribution in [0.3, 0.4) is 0 Å². The van der Waals surface area contributed by atoms with Crippen LogP contribution in [0.4, 0.5) is 0 Å². The number of thioether (sulfide) groups is 1. The van der Waals surface area contributed by atoms with Gasteiger partial charge in [0.2, 0.25) is 0 Å². The average Bonchev–Trinajstić information content (AvgIpc) is 2.82. The molecular formula is C13H18N4S. The molecule has 0 spiro atoms. The normalized spacial score (nSPS) is 27.0. The second-order valence-electron chi connectivity index (χ2n) is 4.63. The Morgan fingerprint density at radius 3 is 3.00 bits per heavy atom. The SMILES string of the molecule is CCCNC1(C#N)CCC(Sc2ncccn2)C1. The molecule has 0 aliphatic heterocycles. The minimum absolute atomic E-state index is 0.331. The quantitative estimate of drug-likeness (QED) is 0.826. The summed E-state index contributed by atoms with van der Waals surface area (Å²) in [7, 11) is 0.